The van der Waals surface area contributed by atoms with Gasteiger partial charge < -0.3 is 10.1 Å². The van der Waals surface area contributed by atoms with Gasteiger partial charge >= 0.3 is 0 Å². The van der Waals surface area contributed by atoms with E-state index in [9.17, 15) is 9.90 Å². The lowest BCUT2D eigenvalue weighted by atomic mass is 9.83. The number of H-pyrrole nitrogens is 1. The molecule has 2 heterocycles. The highest BCUT2D eigenvalue weighted by molar-refractivity contribution is 6.26. The highest BCUT2D eigenvalue weighted by Gasteiger charge is 2.36. The van der Waals surface area contributed by atoms with Gasteiger partial charge in [0.25, 0.3) is 5.91 Å². The minimum Gasteiger partial charge on any atom is -0.494 e. The molecule has 4 heteroatoms. The summed E-state index contributed by atoms with van der Waals surface area (Å²) in [5, 5.41) is 10.4. The molecule has 0 saturated heterocycles. The van der Waals surface area contributed by atoms with Crippen molar-refractivity contribution in [3.8, 4) is 17.1 Å². The molecule has 0 bridgehead atoms. The Morgan fingerprint density at radius 2 is 1.83 bits per heavy atom. The van der Waals surface area contributed by atoms with Crippen LogP contribution in [-0.4, -0.2) is 21.7 Å². The van der Waals surface area contributed by atoms with Crippen molar-refractivity contribution in [1.82, 2.24) is 4.98 Å². The Morgan fingerprint density at radius 1 is 1.09 bits per heavy atom. The van der Waals surface area contributed by atoms with Crippen LogP contribution in [0.3, 0.4) is 0 Å². The predicted octanol–water partition coefficient (Wildman–Crippen LogP) is 3.71. The van der Waals surface area contributed by atoms with Crippen LogP contribution in [0.1, 0.15) is 22.8 Å². The van der Waals surface area contributed by atoms with Crippen LogP contribution >= 0.6 is 0 Å². The highest BCUT2D eigenvalue weighted by atomic mass is 16.3. The molecule has 0 saturated carbocycles. The summed E-state index contributed by atoms with van der Waals surface area (Å²) in [7, 11) is 0. The molecule has 1 amide bonds. The molecule has 1 aliphatic carbocycles. The first-order valence-corrected chi connectivity index (χ1v) is 7.65. The van der Waals surface area contributed by atoms with Gasteiger partial charge in [0, 0.05) is 5.92 Å². The van der Waals surface area contributed by atoms with Crippen LogP contribution in [0.25, 0.3) is 11.3 Å². The van der Waals surface area contributed by atoms with Crippen LogP contribution in [-0.2, 0) is 0 Å². The summed E-state index contributed by atoms with van der Waals surface area (Å²) in [4.78, 5) is 19.7. The number of fused-ring (bicyclic) bond motifs is 1. The maximum Gasteiger partial charge on any atom is 0.280 e. The first kappa shape index (κ1) is 13.8. The Morgan fingerprint density at radius 3 is 2.57 bits per heavy atom. The van der Waals surface area contributed by atoms with Crippen LogP contribution in [0.5, 0.6) is 5.88 Å². The van der Waals surface area contributed by atoms with Gasteiger partial charge in [-0.25, -0.2) is 4.99 Å². The molecular weight excluding hydrogens is 288 g/mol. The van der Waals surface area contributed by atoms with Crippen LogP contribution in [0.15, 0.2) is 59.6 Å². The molecule has 2 aliphatic rings. The van der Waals surface area contributed by atoms with E-state index in [1.807, 2.05) is 48.6 Å². The minimum absolute atomic E-state index is 0.00415. The van der Waals surface area contributed by atoms with E-state index in [0.717, 1.165) is 5.56 Å². The first-order chi connectivity index (χ1) is 11.2. The number of aliphatic imine (C=N–C) groups is 1. The number of carbonyl (C=O) groups excluding carboxylic acids is 1. The Balaban J connectivity index is 1.85. The second kappa shape index (κ2) is 5.09. The normalized spacial score (nSPS) is 22.3. The summed E-state index contributed by atoms with van der Waals surface area (Å²) in [6.07, 6.45) is 8.06. The number of carbonyl (C=O) groups is 1. The number of rotatable bonds is 2. The van der Waals surface area contributed by atoms with Gasteiger partial charge in [0.2, 0.25) is 0 Å². The summed E-state index contributed by atoms with van der Waals surface area (Å²) in [6.45, 7) is 2.08. The van der Waals surface area contributed by atoms with E-state index in [4.69, 9.17) is 0 Å². The maximum absolute atomic E-state index is 12.5. The van der Waals surface area contributed by atoms with Gasteiger partial charge in [0.05, 0.1) is 22.5 Å². The molecule has 1 aliphatic heterocycles. The summed E-state index contributed by atoms with van der Waals surface area (Å²) in [5.74, 6) is -0.0540. The maximum atomic E-state index is 12.5. The SMILES string of the molecule is CC1C=CC=CC1C1=NC(=O)c2c(-c3ccccc3)[nH]c(O)c21. The topological polar surface area (TPSA) is 65.5 Å². The van der Waals surface area contributed by atoms with Gasteiger partial charge in [-0.2, -0.15) is 0 Å². The monoisotopic (exact) mass is 304 g/mol. The van der Waals surface area contributed by atoms with Crippen molar-refractivity contribution in [3.63, 3.8) is 0 Å². The molecule has 2 aromatic rings. The zero-order chi connectivity index (χ0) is 16.0. The van der Waals surface area contributed by atoms with Crippen molar-refractivity contribution in [2.75, 3.05) is 0 Å². The number of allylic oxidation sites excluding steroid dienone is 4. The van der Waals surface area contributed by atoms with E-state index in [0.29, 0.717) is 22.5 Å². The number of aromatic nitrogens is 1. The van der Waals surface area contributed by atoms with E-state index < -0.39 is 0 Å². The molecule has 2 unspecified atom stereocenters. The van der Waals surface area contributed by atoms with Crippen LogP contribution in [0.2, 0.25) is 0 Å². The third-order valence-corrected chi connectivity index (χ3v) is 4.46. The number of hydrogen-bond acceptors (Lipinski definition) is 2. The number of aromatic amines is 1. The van der Waals surface area contributed by atoms with Crippen molar-refractivity contribution in [1.29, 1.82) is 0 Å². The lowest BCUT2D eigenvalue weighted by Gasteiger charge is -2.20. The molecule has 1 aromatic carbocycles. The minimum atomic E-state index is -0.291. The fraction of sp³-hybridized carbons (Fsp3) is 0.158. The Hall–Kier alpha value is -2.88. The molecule has 0 radical (unpaired) electrons. The van der Waals surface area contributed by atoms with Crippen molar-refractivity contribution >= 4 is 11.6 Å². The summed E-state index contributed by atoms with van der Waals surface area (Å²) < 4.78 is 0. The predicted molar refractivity (Wildman–Crippen MR) is 89.7 cm³/mol. The van der Waals surface area contributed by atoms with E-state index in [2.05, 4.69) is 23.0 Å². The summed E-state index contributed by atoms with van der Waals surface area (Å²) in [5.41, 5.74) is 3.16. The Kier molecular flexibility index (Phi) is 3.05. The molecule has 114 valence electrons. The van der Waals surface area contributed by atoms with E-state index in [-0.39, 0.29) is 23.6 Å². The fourth-order valence-corrected chi connectivity index (χ4v) is 3.29. The van der Waals surface area contributed by atoms with E-state index in [1.165, 1.54) is 0 Å². The van der Waals surface area contributed by atoms with Gasteiger partial charge in [-0.05, 0) is 11.5 Å². The standard InChI is InChI=1S/C19H16N2O2/c1-11-7-5-6-10-13(11)17-15-14(18(22)21-17)16(20-19(15)23)12-8-3-2-4-9-12/h2-11,13,20,23H,1H3. The van der Waals surface area contributed by atoms with Crippen LogP contribution < -0.4 is 0 Å². The number of hydrogen-bond donors (Lipinski definition) is 2. The van der Waals surface area contributed by atoms with Crippen LogP contribution in [0, 0.1) is 11.8 Å². The van der Waals surface area contributed by atoms with Gasteiger partial charge in [0.1, 0.15) is 0 Å². The van der Waals surface area contributed by atoms with Crippen molar-refractivity contribution in [3.05, 3.63) is 65.8 Å². The average Bonchev–Trinajstić information content (AvgIpc) is 3.08. The van der Waals surface area contributed by atoms with Crippen molar-refractivity contribution in [2.45, 2.75) is 6.92 Å². The molecule has 0 fully saturated rings. The largest absolute Gasteiger partial charge is 0.494 e. The number of benzene rings is 1. The molecule has 0 spiro atoms. The molecule has 1 aromatic heterocycles. The fourth-order valence-electron chi connectivity index (χ4n) is 3.29. The zero-order valence-corrected chi connectivity index (χ0v) is 12.7. The summed E-state index contributed by atoms with van der Waals surface area (Å²) >= 11 is 0. The molecule has 4 nitrogen and oxygen atoms in total. The van der Waals surface area contributed by atoms with Gasteiger partial charge in [-0.15, -0.1) is 0 Å². The molecule has 2 atom stereocenters. The quantitative estimate of drug-likeness (QED) is 0.888. The number of amides is 1. The lowest BCUT2D eigenvalue weighted by molar-refractivity contribution is 0.101. The number of aromatic hydroxyl groups is 1. The second-order valence-corrected chi connectivity index (χ2v) is 5.92. The molecule has 23 heavy (non-hydrogen) atoms. The van der Waals surface area contributed by atoms with Gasteiger partial charge in [-0.1, -0.05) is 61.6 Å². The molecule has 4 rings (SSSR count). The van der Waals surface area contributed by atoms with E-state index in [1.54, 1.807) is 0 Å². The highest BCUT2D eigenvalue weighted by Crippen LogP contribution is 2.39. The van der Waals surface area contributed by atoms with Crippen molar-refractivity contribution < 1.29 is 9.90 Å². The number of nitrogens with one attached hydrogen (secondary N) is 1. The first-order valence-electron chi connectivity index (χ1n) is 7.65. The van der Waals surface area contributed by atoms with Crippen molar-refractivity contribution in [2.24, 2.45) is 16.8 Å². The third kappa shape index (κ3) is 2.06. The van der Waals surface area contributed by atoms with Gasteiger partial charge in [-0.3, -0.25) is 4.79 Å². The Bertz CT molecular complexity index is 872. The zero-order valence-electron chi connectivity index (χ0n) is 12.7. The average molecular weight is 304 g/mol. The molecule has 2 N–H and O–H groups in total. The van der Waals surface area contributed by atoms with Gasteiger partial charge in [0.15, 0.2) is 5.88 Å². The Labute approximate surface area is 133 Å². The summed E-state index contributed by atoms with van der Waals surface area (Å²) in [6, 6.07) is 9.53. The molecular formula is C19H16N2O2. The smallest absolute Gasteiger partial charge is 0.280 e. The lowest BCUT2D eigenvalue weighted by Crippen LogP contribution is -2.20. The van der Waals surface area contributed by atoms with E-state index >= 15 is 0 Å². The number of nitrogens with zero attached hydrogens (tertiary/aromatic N) is 1. The van der Waals surface area contributed by atoms with Crippen LogP contribution in [0.4, 0.5) is 0 Å². The second-order valence-electron chi connectivity index (χ2n) is 5.92. The third-order valence-electron chi connectivity index (χ3n) is 4.46.